The summed E-state index contributed by atoms with van der Waals surface area (Å²) in [4.78, 5) is 27.0. The van der Waals surface area contributed by atoms with Crippen molar-refractivity contribution >= 4 is 20.1 Å². The molecule has 2 aliphatic rings. The van der Waals surface area contributed by atoms with Crippen LogP contribution in [0, 0.1) is 5.92 Å². The SMILES string of the molecule is CC[Si](CC)(CC)O[C@@H]1C(=O)N(C(=O)c2ccccc2)[C@@H]1C1CC1. The van der Waals surface area contributed by atoms with Gasteiger partial charge in [-0.25, -0.2) is 0 Å². The Balaban J connectivity index is 1.79. The maximum atomic E-state index is 12.8. The number of carbonyl (C=O) groups excluding carboxylic acids is 2. The van der Waals surface area contributed by atoms with E-state index in [4.69, 9.17) is 4.43 Å². The van der Waals surface area contributed by atoms with Crippen molar-refractivity contribution < 1.29 is 14.0 Å². The first-order chi connectivity index (χ1) is 11.6. The lowest BCUT2D eigenvalue weighted by Gasteiger charge is -2.49. The van der Waals surface area contributed by atoms with Crippen LogP contribution in [0.25, 0.3) is 0 Å². The number of rotatable bonds is 7. The van der Waals surface area contributed by atoms with Crippen LogP contribution in [0.5, 0.6) is 0 Å². The number of carbonyl (C=O) groups is 2. The minimum atomic E-state index is -1.85. The number of hydrogen-bond donors (Lipinski definition) is 0. The molecule has 1 aromatic rings. The van der Waals surface area contributed by atoms with E-state index in [1.807, 2.05) is 18.2 Å². The van der Waals surface area contributed by atoms with Crippen molar-refractivity contribution in [3.05, 3.63) is 35.9 Å². The Morgan fingerprint density at radius 2 is 1.71 bits per heavy atom. The fraction of sp³-hybridized carbons (Fsp3) is 0.579. The van der Waals surface area contributed by atoms with Gasteiger partial charge in [-0.2, -0.15) is 0 Å². The molecule has 0 N–H and O–H groups in total. The Labute approximate surface area is 145 Å². The Hall–Kier alpha value is -1.46. The van der Waals surface area contributed by atoms with Crippen LogP contribution >= 0.6 is 0 Å². The van der Waals surface area contributed by atoms with Gasteiger partial charge in [0.15, 0.2) is 8.32 Å². The molecule has 3 rings (SSSR count). The lowest BCUT2D eigenvalue weighted by atomic mass is 9.92. The lowest BCUT2D eigenvalue weighted by Crippen LogP contribution is -2.70. The first-order valence-electron chi connectivity index (χ1n) is 9.17. The molecule has 1 aliphatic carbocycles. The highest BCUT2D eigenvalue weighted by atomic mass is 28.4. The fourth-order valence-corrected chi connectivity index (χ4v) is 6.50. The first kappa shape index (κ1) is 17.4. The standard InChI is InChI=1S/C19H27NO3Si/c1-4-24(5-2,6-3)23-17-16(14-12-13-14)20(19(17)22)18(21)15-10-8-7-9-11-15/h7-11,14,16-17H,4-6,12-13H2,1-3H3/t16-,17+/m1/s1. The van der Waals surface area contributed by atoms with Crippen LogP contribution in [-0.4, -0.2) is 37.2 Å². The van der Waals surface area contributed by atoms with Crippen molar-refractivity contribution in [3.8, 4) is 0 Å². The van der Waals surface area contributed by atoms with E-state index in [0.717, 1.165) is 31.0 Å². The summed E-state index contributed by atoms with van der Waals surface area (Å²) in [6.45, 7) is 6.50. The average molecular weight is 346 g/mol. The number of amides is 2. The predicted molar refractivity (Wildman–Crippen MR) is 96.2 cm³/mol. The van der Waals surface area contributed by atoms with E-state index in [2.05, 4.69) is 20.8 Å². The summed E-state index contributed by atoms with van der Waals surface area (Å²) in [5.74, 6) is 0.125. The van der Waals surface area contributed by atoms with Crippen LogP contribution in [0.3, 0.4) is 0 Å². The summed E-state index contributed by atoms with van der Waals surface area (Å²) in [6, 6.07) is 12.1. The summed E-state index contributed by atoms with van der Waals surface area (Å²) in [7, 11) is -1.85. The molecule has 5 heteroatoms. The minimum Gasteiger partial charge on any atom is -0.403 e. The molecule has 1 aliphatic heterocycles. The smallest absolute Gasteiger partial charge is 0.260 e. The van der Waals surface area contributed by atoms with Gasteiger partial charge in [0, 0.05) is 5.56 Å². The highest BCUT2D eigenvalue weighted by molar-refractivity contribution is 6.73. The molecule has 2 atom stereocenters. The van der Waals surface area contributed by atoms with Gasteiger partial charge >= 0.3 is 0 Å². The molecule has 1 saturated heterocycles. The maximum absolute atomic E-state index is 12.8. The zero-order valence-corrected chi connectivity index (χ0v) is 15.8. The average Bonchev–Trinajstić information content (AvgIpc) is 3.46. The van der Waals surface area contributed by atoms with Gasteiger partial charge < -0.3 is 4.43 Å². The van der Waals surface area contributed by atoms with Gasteiger partial charge in [0.05, 0.1) is 6.04 Å². The molecule has 2 amide bonds. The van der Waals surface area contributed by atoms with Crippen molar-refractivity contribution in [1.82, 2.24) is 4.90 Å². The third kappa shape index (κ3) is 2.95. The second-order valence-corrected chi connectivity index (χ2v) is 11.7. The quantitative estimate of drug-likeness (QED) is 0.428. The third-order valence-corrected chi connectivity index (χ3v) is 10.4. The number of benzene rings is 1. The molecule has 0 aromatic heterocycles. The topological polar surface area (TPSA) is 46.6 Å². The molecule has 1 saturated carbocycles. The molecular formula is C19H27NO3Si. The van der Waals surface area contributed by atoms with Gasteiger partial charge in [-0.05, 0) is 49.0 Å². The highest BCUT2D eigenvalue weighted by Crippen LogP contribution is 2.45. The molecule has 4 nitrogen and oxygen atoms in total. The Morgan fingerprint density at radius 3 is 2.21 bits per heavy atom. The van der Waals surface area contributed by atoms with Gasteiger partial charge in [-0.3, -0.25) is 14.5 Å². The van der Waals surface area contributed by atoms with Crippen LogP contribution in [0.2, 0.25) is 18.1 Å². The largest absolute Gasteiger partial charge is 0.403 e. The predicted octanol–water partition coefficient (Wildman–Crippen LogP) is 3.84. The molecule has 0 bridgehead atoms. The van der Waals surface area contributed by atoms with Crippen molar-refractivity contribution in [2.24, 2.45) is 5.92 Å². The zero-order valence-electron chi connectivity index (χ0n) is 14.8. The summed E-state index contributed by atoms with van der Waals surface area (Å²) in [6.07, 6.45) is 1.79. The van der Waals surface area contributed by atoms with Crippen molar-refractivity contribution in [2.45, 2.75) is 63.9 Å². The third-order valence-electron chi connectivity index (χ3n) is 5.74. The van der Waals surface area contributed by atoms with Crippen LogP contribution in [0.1, 0.15) is 44.0 Å². The van der Waals surface area contributed by atoms with Crippen LogP contribution in [-0.2, 0) is 9.22 Å². The number of hydrogen-bond acceptors (Lipinski definition) is 3. The molecule has 0 radical (unpaired) electrons. The van der Waals surface area contributed by atoms with Crippen molar-refractivity contribution in [3.63, 3.8) is 0 Å². The second-order valence-electron chi connectivity index (χ2n) is 6.99. The normalized spacial score (nSPS) is 24.0. The van der Waals surface area contributed by atoms with Gasteiger partial charge in [-0.15, -0.1) is 0 Å². The van der Waals surface area contributed by atoms with Crippen molar-refractivity contribution in [1.29, 1.82) is 0 Å². The molecule has 130 valence electrons. The maximum Gasteiger partial charge on any atom is 0.260 e. The summed E-state index contributed by atoms with van der Waals surface area (Å²) < 4.78 is 6.46. The number of likely N-dealkylation sites (tertiary alicyclic amines) is 1. The van der Waals surface area contributed by atoms with Crippen LogP contribution < -0.4 is 0 Å². The van der Waals surface area contributed by atoms with Gasteiger partial charge in [0.1, 0.15) is 6.10 Å². The van der Waals surface area contributed by atoms with E-state index in [1.165, 1.54) is 4.90 Å². The van der Waals surface area contributed by atoms with E-state index in [0.29, 0.717) is 11.5 Å². The molecule has 2 fully saturated rings. The molecule has 1 heterocycles. The van der Waals surface area contributed by atoms with Gasteiger partial charge in [-0.1, -0.05) is 39.0 Å². The van der Waals surface area contributed by atoms with E-state index < -0.39 is 14.4 Å². The summed E-state index contributed by atoms with van der Waals surface area (Å²) >= 11 is 0. The summed E-state index contributed by atoms with van der Waals surface area (Å²) in [5, 5.41) is 0. The van der Waals surface area contributed by atoms with E-state index >= 15 is 0 Å². The molecule has 24 heavy (non-hydrogen) atoms. The monoisotopic (exact) mass is 345 g/mol. The highest BCUT2D eigenvalue weighted by Gasteiger charge is 2.58. The van der Waals surface area contributed by atoms with Crippen molar-refractivity contribution in [2.75, 3.05) is 0 Å². The Bertz CT molecular complexity index is 602. The van der Waals surface area contributed by atoms with Gasteiger partial charge in [0.25, 0.3) is 11.8 Å². The molecular weight excluding hydrogens is 318 g/mol. The minimum absolute atomic E-state index is 0.0540. The molecule has 0 spiro atoms. The number of β-lactam (4-membered cyclic amide) rings is 1. The fourth-order valence-electron chi connectivity index (χ4n) is 3.72. The Morgan fingerprint density at radius 1 is 1.12 bits per heavy atom. The van der Waals surface area contributed by atoms with E-state index in [1.54, 1.807) is 12.1 Å². The zero-order chi connectivity index (χ0) is 17.3. The lowest BCUT2D eigenvalue weighted by molar-refractivity contribution is -0.159. The first-order valence-corrected chi connectivity index (χ1v) is 11.7. The number of nitrogens with zero attached hydrogens (tertiary/aromatic N) is 1. The van der Waals surface area contributed by atoms with E-state index in [-0.39, 0.29) is 17.9 Å². The number of imide groups is 1. The summed E-state index contributed by atoms with van der Waals surface area (Å²) in [5.41, 5.74) is 0.583. The van der Waals surface area contributed by atoms with Gasteiger partial charge in [0.2, 0.25) is 0 Å². The Kier molecular flexibility index (Phi) is 4.92. The second kappa shape index (κ2) is 6.80. The van der Waals surface area contributed by atoms with E-state index in [9.17, 15) is 9.59 Å². The molecule has 0 unspecified atom stereocenters. The van der Waals surface area contributed by atoms with Crippen LogP contribution in [0.4, 0.5) is 0 Å². The van der Waals surface area contributed by atoms with Crippen LogP contribution in [0.15, 0.2) is 30.3 Å². The molecule has 1 aromatic carbocycles.